The number of pyridine rings is 1. The normalized spacial score (nSPS) is 17.6. The van der Waals surface area contributed by atoms with E-state index in [1.165, 1.54) is 43.3 Å². The van der Waals surface area contributed by atoms with Gasteiger partial charge in [-0.25, -0.2) is 15.0 Å². The van der Waals surface area contributed by atoms with Crippen LogP contribution in [0.25, 0.3) is 0 Å². The van der Waals surface area contributed by atoms with Gasteiger partial charge in [0, 0.05) is 29.7 Å². The quantitative estimate of drug-likeness (QED) is 0.402. The van der Waals surface area contributed by atoms with Crippen molar-refractivity contribution in [2.75, 3.05) is 18.5 Å². The first-order valence-electron chi connectivity index (χ1n) is 11.0. The number of hydrogen-bond acceptors (Lipinski definition) is 7. The molecule has 1 aliphatic rings. The highest BCUT2D eigenvalue weighted by molar-refractivity contribution is 9.10. The Morgan fingerprint density at radius 3 is 2.59 bits per heavy atom. The molecule has 0 aliphatic carbocycles. The Labute approximate surface area is 217 Å². The summed E-state index contributed by atoms with van der Waals surface area (Å²) < 4.78 is 45.8. The minimum atomic E-state index is -4.54. The van der Waals surface area contributed by atoms with Gasteiger partial charge in [0.15, 0.2) is 0 Å². The van der Waals surface area contributed by atoms with Gasteiger partial charge in [-0.1, -0.05) is 15.9 Å². The number of alkyl halides is 3. The molecule has 13 heteroatoms. The summed E-state index contributed by atoms with van der Waals surface area (Å²) >= 11 is 3.06. The monoisotopic (exact) mass is 576 g/mol. The fraction of sp³-hybridized carbons (Fsp3) is 0.250. The van der Waals surface area contributed by atoms with Crippen LogP contribution < -0.4 is 10.6 Å². The summed E-state index contributed by atoms with van der Waals surface area (Å²) in [7, 11) is 0. The van der Waals surface area contributed by atoms with Crippen LogP contribution in [-0.2, 0) is 22.3 Å². The van der Waals surface area contributed by atoms with E-state index in [4.69, 9.17) is 4.74 Å². The number of amides is 2. The van der Waals surface area contributed by atoms with Crippen molar-refractivity contribution < 1.29 is 27.5 Å². The summed E-state index contributed by atoms with van der Waals surface area (Å²) in [6.45, 7) is 0.448. The zero-order valence-electron chi connectivity index (χ0n) is 19.1. The highest BCUT2D eigenvalue weighted by Crippen LogP contribution is 2.37. The van der Waals surface area contributed by atoms with E-state index in [0.717, 1.165) is 6.07 Å². The fourth-order valence-electron chi connectivity index (χ4n) is 3.55. The topological polar surface area (TPSA) is 118 Å². The number of rotatable bonds is 7. The van der Waals surface area contributed by atoms with Gasteiger partial charge >= 0.3 is 6.18 Å². The third kappa shape index (κ3) is 6.54. The first-order valence-corrected chi connectivity index (χ1v) is 11.7. The van der Waals surface area contributed by atoms with Crippen LogP contribution in [0.2, 0.25) is 0 Å². The smallest absolute Gasteiger partial charge is 0.380 e. The third-order valence-electron chi connectivity index (χ3n) is 5.56. The van der Waals surface area contributed by atoms with Crippen LogP contribution in [0.15, 0.2) is 64.7 Å². The van der Waals surface area contributed by atoms with E-state index in [9.17, 15) is 22.8 Å². The number of carbonyl (C=O) groups excluding carboxylic acids is 2. The molecule has 192 valence electrons. The Bertz CT molecular complexity index is 1300. The lowest BCUT2D eigenvalue weighted by Crippen LogP contribution is -2.42. The highest BCUT2D eigenvalue weighted by Gasteiger charge is 2.41. The second-order valence-corrected chi connectivity index (χ2v) is 9.10. The number of benzene rings is 1. The number of aliphatic imine (C=N–C) groups is 1. The second-order valence-electron chi connectivity index (χ2n) is 8.18. The molecule has 2 aromatic heterocycles. The lowest BCUT2D eigenvalue weighted by Gasteiger charge is -2.21. The standard InChI is InChI=1S/C24H20BrF3N6O3/c25-16-1-4-20(19(7-16)24(26,27)28)34-18-3-2-17(31-11-18)10-32-22(36)23(5-6-37-13-23)12-33-21(35)15-8-29-14-30-9-15/h1-4,7-9,11-12,14,34H,5-6,10,13H2,(H,32,36). The number of ether oxygens (including phenoxy) is 1. The molecular weight excluding hydrogens is 557 g/mol. The van der Waals surface area contributed by atoms with Crippen LogP contribution in [0, 0.1) is 5.41 Å². The predicted molar refractivity (Wildman–Crippen MR) is 131 cm³/mol. The number of nitrogens with zero attached hydrogens (tertiary/aromatic N) is 4. The van der Waals surface area contributed by atoms with Crippen molar-refractivity contribution in [2.24, 2.45) is 10.4 Å². The van der Waals surface area contributed by atoms with Gasteiger partial charge < -0.3 is 15.4 Å². The molecule has 1 aliphatic heterocycles. The van der Waals surface area contributed by atoms with Crippen LogP contribution in [0.5, 0.6) is 0 Å². The average Bonchev–Trinajstić information content (AvgIpc) is 3.38. The molecule has 2 N–H and O–H groups in total. The Hall–Kier alpha value is -3.71. The zero-order valence-corrected chi connectivity index (χ0v) is 20.7. The van der Waals surface area contributed by atoms with Crippen LogP contribution in [0.3, 0.4) is 0 Å². The van der Waals surface area contributed by atoms with Crippen molar-refractivity contribution in [1.82, 2.24) is 20.3 Å². The molecule has 9 nitrogen and oxygen atoms in total. The Kier molecular flexibility index (Phi) is 7.93. The molecule has 0 spiro atoms. The summed E-state index contributed by atoms with van der Waals surface area (Å²) in [5.74, 6) is -0.969. The van der Waals surface area contributed by atoms with Crippen LogP contribution in [0.1, 0.15) is 28.0 Å². The summed E-state index contributed by atoms with van der Waals surface area (Å²) in [5, 5.41) is 5.49. The van der Waals surface area contributed by atoms with Gasteiger partial charge in [0.1, 0.15) is 11.7 Å². The molecule has 37 heavy (non-hydrogen) atoms. The van der Waals surface area contributed by atoms with Crippen molar-refractivity contribution in [3.8, 4) is 0 Å². The van der Waals surface area contributed by atoms with Gasteiger partial charge in [0.25, 0.3) is 5.91 Å². The number of hydrogen-bond donors (Lipinski definition) is 2. The van der Waals surface area contributed by atoms with E-state index >= 15 is 0 Å². The minimum absolute atomic E-state index is 0.0568. The fourth-order valence-corrected chi connectivity index (χ4v) is 3.91. The lowest BCUT2D eigenvalue weighted by atomic mass is 9.87. The molecule has 1 saturated heterocycles. The summed E-state index contributed by atoms with van der Waals surface area (Å²) in [6, 6.07) is 6.96. The van der Waals surface area contributed by atoms with Crippen molar-refractivity contribution in [1.29, 1.82) is 0 Å². The number of carbonyl (C=O) groups is 2. The molecule has 3 heterocycles. The van der Waals surface area contributed by atoms with E-state index in [1.807, 2.05) is 0 Å². The molecule has 1 fully saturated rings. The first-order chi connectivity index (χ1) is 17.7. The van der Waals surface area contributed by atoms with Crippen molar-refractivity contribution in [3.63, 3.8) is 0 Å². The maximum atomic E-state index is 13.4. The molecule has 4 rings (SSSR count). The average molecular weight is 577 g/mol. The first kappa shape index (κ1) is 26.4. The molecule has 0 bridgehead atoms. The number of aromatic nitrogens is 3. The SMILES string of the molecule is O=C(N=CC1(C(=O)NCc2ccc(Nc3ccc(Br)cc3C(F)(F)F)cn2)CCOC1)c1cncnc1. The van der Waals surface area contributed by atoms with Crippen LogP contribution in [-0.4, -0.2) is 46.2 Å². The summed E-state index contributed by atoms with van der Waals surface area (Å²) in [6.07, 6.45) is 2.42. The van der Waals surface area contributed by atoms with Crippen LogP contribution in [0.4, 0.5) is 24.5 Å². The maximum Gasteiger partial charge on any atom is 0.418 e. The number of anilines is 2. The van der Waals surface area contributed by atoms with Gasteiger partial charge in [0.2, 0.25) is 5.91 Å². The van der Waals surface area contributed by atoms with Gasteiger partial charge in [-0.2, -0.15) is 13.2 Å². The molecule has 3 aromatic rings. The van der Waals surface area contributed by atoms with Gasteiger partial charge in [-0.3, -0.25) is 14.6 Å². The van der Waals surface area contributed by atoms with Crippen molar-refractivity contribution >= 4 is 45.3 Å². The number of halogens is 4. The Morgan fingerprint density at radius 2 is 1.95 bits per heavy atom. The van der Waals surface area contributed by atoms with E-state index in [-0.39, 0.29) is 30.3 Å². The Balaban J connectivity index is 1.40. The van der Waals surface area contributed by atoms with Crippen LogP contribution >= 0.6 is 15.9 Å². The number of nitrogens with one attached hydrogen (secondary N) is 2. The van der Waals surface area contributed by atoms with Gasteiger partial charge in [-0.15, -0.1) is 0 Å². The summed E-state index contributed by atoms with van der Waals surface area (Å²) in [5.41, 5.74) is -1.03. The molecule has 0 radical (unpaired) electrons. The van der Waals surface area contributed by atoms with E-state index < -0.39 is 23.1 Å². The summed E-state index contributed by atoms with van der Waals surface area (Å²) in [4.78, 5) is 40.9. The maximum absolute atomic E-state index is 13.4. The molecule has 0 saturated carbocycles. The third-order valence-corrected chi connectivity index (χ3v) is 6.05. The Morgan fingerprint density at radius 1 is 1.16 bits per heavy atom. The lowest BCUT2D eigenvalue weighted by molar-refractivity contribution is -0.137. The molecular formula is C24H20BrF3N6O3. The zero-order chi connectivity index (χ0) is 26.5. The van der Waals surface area contributed by atoms with Crippen molar-refractivity contribution in [2.45, 2.75) is 19.1 Å². The van der Waals surface area contributed by atoms with E-state index in [1.54, 1.807) is 12.1 Å². The van der Waals surface area contributed by atoms with Gasteiger partial charge in [-0.05, 0) is 36.8 Å². The molecule has 2 amide bonds. The van der Waals surface area contributed by atoms with Crippen molar-refractivity contribution in [3.05, 3.63) is 76.5 Å². The minimum Gasteiger partial charge on any atom is -0.380 e. The van der Waals surface area contributed by atoms with E-state index in [2.05, 4.69) is 46.5 Å². The van der Waals surface area contributed by atoms with E-state index in [0.29, 0.717) is 28.9 Å². The van der Waals surface area contributed by atoms with Gasteiger partial charge in [0.05, 0.1) is 47.5 Å². The predicted octanol–water partition coefficient (Wildman–Crippen LogP) is 4.33. The molecule has 1 aromatic carbocycles. The molecule has 1 unspecified atom stereocenters. The highest BCUT2D eigenvalue weighted by atomic mass is 79.9. The largest absolute Gasteiger partial charge is 0.418 e. The molecule has 1 atom stereocenters. The second kappa shape index (κ2) is 11.1.